The van der Waals surface area contributed by atoms with Gasteiger partial charge in [0.1, 0.15) is 11.4 Å². The number of likely N-dealkylation sites (tertiary alicyclic amines) is 1. The van der Waals surface area contributed by atoms with Crippen molar-refractivity contribution in [3.8, 4) is 11.1 Å². The Bertz CT molecular complexity index is 1150. The van der Waals surface area contributed by atoms with Crippen LogP contribution in [-0.2, 0) is 23.5 Å². The molecular formula is C23H20ClF3N2O2S. The number of hydrogen-bond acceptors (Lipinski definition) is 2. The summed E-state index contributed by atoms with van der Waals surface area (Å²) < 4.78 is 54.9. The van der Waals surface area contributed by atoms with Crippen molar-refractivity contribution >= 4 is 28.3 Å². The summed E-state index contributed by atoms with van der Waals surface area (Å²) in [6.45, 7) is 0.390. The lowest BCUT2D eigenvalue weighted by Crippen LogP contribution is -2.55. The van der Waals surface area contributed by atoms with Crippen molar-refractivity contribution in [2.24, 2.45) is 0 Å². The molecule has 2 aromatic carbocycles. The van der Waals surface area contributed by atoms with Crippen LogP contribution in [0.4, 0.5) is 13.2 Å². The minimum absolute atomic E-state index is 0.0381. The number of halogens is 4. The zero-order chi connectivity index (χ0) is 23.0. The second-order valence-corrected chi connectivity index (χ2v) is 9.80. The molecule has 0 saturated carbocycles. The average molecular weight is 481 g/mol. The van der Waals surface area contributed by atoms with Gasteiger partial charge in [-0.05, 0) is 29.3 Å². The molecule has 3 aromatic rings. The Morgan fingerprint density at radius 1 is 1.09 bits per heavy atom. The van der Waals surface area contributed by atoms with E-state index in [1.165, 1.54) is 4.90 Å². The van der Waals surface area contributed by atoms with E-state index >= 15 is 0 Å². The van der Waals surface area contributed by atoms with Gasteiger partial charge in [-0.25, -0.2) is 0 Å². The zero-order valence-corrected chi connectivity index (χ0v) is 18.7. The summed E-state index contributed by atoms with van der Waals surface area (Å²) in [5.74, 6) is -0.511. The summed E-state index contributed by atoms with van der Waals surface area (Å²) in [4.78, 5) is 14.9. The molecule has 0 spiro atoms. The number of carbonyl (C=O) groups is 1. The second-order valence-electron chi connectivity index (χ2n) is 7.70. The summed E-state index contributed by atoms with van der Waals surface area (Å²) in [7, 11) is -1.10. The predicted octanol–water partition coefficient (Wildman–Crippen LogP) is 5.08. The predicted molar refractivity (Wildman–Crippen MR) is 119 cm³/mol. The van der Waals surface area contributed by atoms with Crippen molar-refractivity contribution in [3.05, 3.63) is 82.6 Å². The molecule has 0 aliphatic carbocycles. The lowest BCUT2D eigenvalue weighted by atomic mass is 10.0. The van der Waals surface area contributed by atoms with Crippen LogP contribution in [0.25, 0.3) is 11.1 Å². The average Bonchev–Trinajstić information content (AvgIpc) is 3.07. The van der Waals surface area contributed by atoms with Gasteiger partial charge in [-0.1, -0.05) is 54.1 Å². The number of benzene rings is 2. The smallest absolute Gasteiger partial charge is 0.335 e. The van der Waals surface area contributed by atoms with E-state index in [-0.39, 0.29) is 36.1 Å². The molecule has 4 nitrogen and oxygen atoms in total. The van der Waals surface area contributed by atoms with E-state index in [1.54, 1.807) is 60.9 Å². The molecule has 1 aromatic heterocycles. The Labute approximate surface area is 191 Å². The molecule has 1 saturated heterocycles. The molecular weight excluding hydrogens is 461 g/mol. The van der Waals surface area contributed by atoms with Gasteiger partial charge in [-0.3, -0.25) is 9.00 Å². The normalized spacial score (nSPS) is 15.5. The maximum Gasteiger partial charge on any atom is 0.431 e. The molecule has 168 valence electrons. The molecule has 2 heterocycles. The van der Waals surface area contributed by atoms with Gasteiger partial charge in [0.15, 0.2) is 0 Å². The third-order valence-corrected chi connectivity index (χ3v) is 7.02. The van der Waals surface area contributed by atoms with Crippen LogP contribution in [0.1, 0.15) is 21.7 Å². The van der Waals surface area contributed by atoms with Gasteiger partial charge in [0.2, 0.25) is 0 Å². The first kappa shape index (κ1) is 22.6. The molecule has 1 fully saturated rings. The summed E-state index contributed by atoms with van der Waals surface area (Å²) in [6.07, 6.45) is -3.09. The first-order chi connectivity index (χ1) is 15.1. The van der Waals surface area contributed by atoms with E-state index in [1.807, 2.05) is 0 Å². The monoisotopic (exact) mass is 480 g/mol. The standard InChI is InChI=1S/C23H20ClF3N2O2S/c1-32(31)18-13-28(14-18)22(30)21-19(16-7-9-17(24)10-8-16)11-20(23(25,26)27)29(21)12-15-5-3-2-4-6-15/h2-11,18H,12-14H2,1H3. The fraction of sp³-hybridized carbons (Fsp3) is 0.261. The molecule has 4 rings (SSSR count). The quantitative estimate of drug-likeness (QED) is 0.511. The molecule has 0 N–H and O–H groups in total. The number of alkyl halides is 3. The highest BCUT2D eigenvalue weighted by Gasteiger charge is 2.41. The number of aromatic nitrogens is 1. The molecule has 1 atom stereocenters. The largest absolute Gasteiger partial charge is 0.431 e. The fourth-order valence-electron chi connectivity index (χ4n) is 3.76. The number of rotatable bonds is 5. The molecule has 9 heteroatoms. The van der Waals surface area contributed by atoms with Crippen LogP contribution in [0.3, 0.4) is 0 Å². The Morgan fingerprint density at radius 3 is 2.28 bits per heavy atom. The van der Waals surface area contributed by atoms with Gasteiger partial charge in [0.25, 0.3) is 5.91 Å². The highest BCUT2D eigenvalue weighted by Crippen LogP contribution is 2.38. The lowest BCUT2D eigenvalue weighted by Gasteiger charge is -2.38. The minimum Gasteiger partial charge on any atom is -0.335 e. The highest BCUT2D eigenvalue weighted by atomic mass is 35.5. The van der Waals surface area contributed by atoms with Crippen molar-refractivity contribution in [3.63, 3.8) is 0 Å². The van der Waals surface area contributed by atoms with Crippen LogP contribution in [0.5, 0.6) is 0 Å². The summed E-state index contributed by atoms with van der Waals surface area (Å²) in [5.41, 5.74) is 0.360. The number of carbonyl (C=O) groups excluding carboxylic acids is 1. The third kappa shape index (κ3) is 4.47. The Hall–Kier alpha value is -2.58. The van der Waals surface area contributed by atoms with Crippen molar-refractivity contribution in [1.82, 2.24) is 9.47 Å². The van der Waals surface area contributed by atoms with Crippen molar-refractivity contribution < 1.29 is 22.2 Å². The van der Waals surface area contributed by atoms with E-state index in [0.717, 1.165) is 10.6 Å². The topological polar surface area (TPSA) is 42.3 Å². The molecule has 1 amide bonds. The van der Waals surface area contributed by atoms with Gasteiger partial charge in [0.05, 0.1) is 5.25 Å². The summed E-state index contributed by atoms with van der Waals surface area (Å²) in [6, 6.07) is 16.1. The summed E-state index contributed by atoms with van der Waals surface area (Å²) in [5, 5.41) is 0.273. The van der Waals surface area contributed by atoms with E-state index in [9.17, 15) is 22.2 Å². The number of amides is 1. The van der Waals surface area contributed by atoms with Crippen molar-refractivity contribution in [2.75, 3.05) is 19.3 Å². The van der Waals surface area contributed by atoms with E-state index in [2.05, 4.69) is 0 Å². The van der Waals surface area contributed by atoms with Crippen LogP contribution < -0.4 is 0 Å². The first-order valence-electron chi connectivity index (χ1n) is 9.87. The second kappa shape index (κ2) is 8.75. The maximum atomic E-state index is 14.0. The van der Waals surface area contributed by atoms with Crippen LogP contribution in [0, 0.1) is 0 Å². The maximum absolute atomic E-state index is 14.0. The Kier molecular flexibility index (Phi) is 6.18. The summed E-state index contributed by atoms with van der Waals surface area (Å²) >= 11 is 5.96. The molecule has 1 aliphatic heterocycles. The Balaban J connectivity index is 1.86. The van der Waals surface area contributed by atoms with E-state index < -0.39 is 28.6 Å². The molecule has 0 bridgehead atoms. The lowest BCUT2D eigenvalue weighted by molar-refractivity contribution is -0.143. The molecule has 0 radical (unpaired) electrons. The molecule has 1 unspecified atom stereocenters. The molecule has 32 heavy (non-hydrogen) atoms. The van der Waals surface area contributed by atoms with Gasteiger partial charge in [0, 0.05) is 47.3 Å². The zero-order valence-electron chi connectivity index (χ0n) is 17.1. The van der Waals surface area contributed by atoms with Crippen molar-refractivity contribution in [1.29, 1.82) is 0 Å². The van der Waals surface area contributed by atoms with Crippen molar-refractivity contribution in [2.45, 2.75) is 18.0 Å². The van der Waals surface area contributed by atoms with Gasteiger partial charge < -0.3 is 9.47 Å². The fourth-order valence-corrected chi connectivity index (χ4v) is 4.66. The first-order valence-corrected chi connectivity index (χ1v) is 11.9. The van der Waals surface area contributed by atoms with E-state index in [0.29, 0.717) is 16.1 Å². The van der Waals surface area contributed by atoms with Gasteiger partial charge >= 0.3 is 6.18 Å². The Morgan fingerprint density at radius 2 is 1.72 bits per heavy atom. The number of hydrogen-bond donors (Lipinski definition) is 0. The van der Waals surface area contributed by atoms with E-state index in [4.69, 9.17) is 11.6 Å². The highest BCUT2D eigenvalue weighted by molar-refractivity contribution is 7.85. The third-order valence-electron chi connectivity index (χ3n) is 5.53. The van der Waals surface area contributed by atoms with Crippen LogP contribution in [0.15, 0.2) is 60.7 Å². The number of nitrogens with zero attached hydrogens (tertiary/aromatic N) is 2. The van der Waals surface area contributed by atoms with Gasteiger partial charge in [-0.15, -0.1) is 0 Å². The molecule has 1 aliphatic rings. The van der Waals surface area contributed by atoms with Crippen LogP contribution in [-0.4, -0.2) is 44.2 Å². The SMILES string of the molecule is CS(=O)C1CN(C(=O)c2c(-c3ccc(Cl)cc3)cc(C(F)(F)F)n2Cc2ccccc2)C1. The van der Waals surface area contributed by atoms with Crippen LogP contribution in [0.2, 0.25) is 5.02 Å². The minimum atomic E-state index is -4.66. The van der Waals surface area contributed by atoms with Gasteiger partial charge in [-0.2, -0.15) is 13.2 Å². The van der Waals surface area contributed by atoms with Crippen LogP contribution >= 0.6 is 11.6 Å².